The van der Waals surface area contributed by atoms with Crippen molar-refractivity contribution in [1.29, 1.82) is 0 Å². The van der Waals surface area contributed by atoms with Crippen LogP contribution in [0, 0.1) is 0 Å². The average molecular weight is 170 g/mol. The van der Waals surface area contributed by atoms with Crippen LogP contribution in [0.3, 0.4) is 0 Å². The molecular weight excluding hydrogens is 157 g/mol. The summed E-state index contributed by atoms with van der Waals surface area (Å²) in [6.45, 7) is 1.35. The van der Waals surface area contributed by atoms with Crippen LogP contribution in [-0.2, 0) is 0 Å². The van der Waals surface area contributed by atoms with Gasteiger partial charge in [-0.2, -0.15) is 13.2 Å². The lowest BCUT2D eigenvalue weighted by Crippen LogP contribution is -2.52. The standard InChI is InChI=1S/C6H13F3N2/c1-4(10)5(11(2)3)6(7,8)9/h4-5H,10H2,1-3H3. The van der Waals surface area contributed by atoms with E-state index in [2.05, 4.69) is 0 Å². The number of rotatable bonds is 2. The van der Waals surface area contributed by atoms with E-state index in [1.807, 2.05) is 0 Å². The molecule has 0 fully saturated rings. The topological polar surface area (TPSA) is 29.3 Å². The van der Waals surface area contributed by atoms with Gasteiger partial charge in [0, 0.05) is 6.04 Å². The quantitative estimate of drug-likeness (QED) is 0.665. The van der Waals surface area contributed by atoms with Crippen molar-refractivity contribution in [3.63, 3.8) is 0 Å². The first-order valence-electron chi connectivity index (χ1n) is 3.25. The smallest absolute Gasteiger partial charge is 0.326 e. The SMILES string of the molecule is CC(N)C(N(C)C)C(F)(F)F. The van der Waals surface area contributed by atoms with E-state index >= 15 is 0 Å². The van der Waals surface area contributed by atoms with E-state index in [4.69, 9.17) is 5.73 Å². The Balaban J connectivity index is 4.35. The van der Waals surface area contributed by atoms with Crippen molar-refractivity contribution < 1.29 is 13.2 Å². The zero-order valence-electron chi connectivity index (χ0n) is 6.81. The second kappa shape index (κ2) is 3.40. The highest BCUT2D eigenvalue weighted by Gasteiger charge is 2.43. The first-order chi connectivity index (χ1) is 4.76. The Morgan fingerprint density at radius 3 is 1.64 bits per heavy atom. The van der Waals surface area contributed by atoms with Gasteiger partial charge in [-0.1, -0.05) is 0 Å². The molecule has 2 atom stereocenters. The highest BCUT2D eigenvalue weighted by atomic mass is 19.4. The maximum Gasteiger partial charge on any atom is 0.405 e. The zero-order valence-corrected chi connectivity index (χ0v) is 6.81. The summed E-state index contributed by atoms with van der Waals surface area (Å²) < 4.78 is 36.3. The van der Waals surface area contributed by atoms with Crippen molar-refractivity contribution in [1.82, 2.24) is 4.90 Å². The third-order valence-corrected chi connectivity index (χ3v) is 1.39. The Hall–Kier alpha value is -0.290. The van der Waals surface area contributed by atoms with Crippen LogP contribution in [0.4, 0.5) is 13.2 Å². The summed E-state index contributed by atoms with van der Waals surface area (Å²) in [5.74, 6) is 0. The highest BCUT2D eigenvalue weighted by Crippen LogP contribution is 2.24. The van der Waals surface area contributed by atoms with Gasteiger partial charge in [-0.3, -0.25) is 4.90 Å². The Morgan fingerprint density at radius 1 is 1.27 bits per heavy atom. The third-order valence-electron chi connectivity index (χ3n) is 1.39. The maximum atomic E-state index is 12.1. The summed E-state index contributed by atoms with van der Waals surface area (Å²) >= 11 is 0. The molecule has 2 nitrogen and oxygen atoms in total. The van der Waals surface area contributed by atoms with E-state index in [1.165, 1.54) is 21.0 Å². The lowest BCUT2D eigenvalue weighted by Gasteiger charge is -2.29. The summed E-state index contributed by atoms with van der Waals surface area (Å²) in [6.07, 6.45) is -4.24. The molecule has 0 spiro atoms. The van der Waals surface area contributed by atoms with E-state index in [1.54, 1.807) is 0 Å². The molecule has 0 aromatic carbocycles. The van der Waals surface area contributed by atoms with Gasteiger partial charge in [0.15, 0.2) is 0 Å². The second-order valence-corrected chi connectivity index (χ2v) is 2.81. The molecule has 0 aromatic heterocycles. The molecule has 0 bridgehead atoms. The van der Waals surface area contributed by atoms with Crippen LogP contribution >= 0.6 is 0 Å². The summed E-state index contributed by atoms with van der Waals surface area (Å²) in [5.41, 5.74) is 5.16. The van der Waals surface area contributed by atoms with E-state index in [-0.39, 0.29) is 0 Å². The van der Waals surface area contributed by atoms with Gasteiger partial charge in [-0.05, 0) is 21.0 Å². The minimum Gasteiger partial charge on any atom is -0.326 e. The molecule has 0 aliphatic rings. The Kier molecular flexibility index (Phi) is 3.31. The van der Waals surface area contributed by atoms with Crippen molar-refractivity contribution in [2.45, 2.75) is 25.2 Å². The summed E-state index contributed by atoms with van der Waals surface area (Å²) in [4.78, 5) is 1.07. The average Bonchev–Trinajstić information content (AvgIpc) is 1.54. The number of halogens is 3. The number of nitrogens with two attached hydrogens (primary N) is 1. The molecule has 0 aliphatic heterocycles. The maximum absolute atomic E-state index is 12.1. The van der Waals surface area contributed by atoms with Crippen molar-refractivity contribution in [2.75, 3.05) is 14.1 Å². The zero-order chi connectivity index (χ0) is 9.23. The van der Waals surface area contributed by atoms with E-state index in [0.717, 1.165) is 4.90 Å². The van der Waals surface area contributed by atoms with Crippen molar-refractivity contribution >= 4 is 0 Å². The van der Waals surface area contributed by atoms with Crippen LogP contribution in [0.15, 0.2) is 0 Å². The molecule has 2 unspecified atom stereocenters. The molecule has 5 heteroatoms. The molecular formula is C6H13F3N2. The largest absolute Gasteiger partial charge is 0.405 e. The number of likely N-dealkylation sites (N-methyl/N-ethyl adjacent to an activating group) is 1. The minimum absolute atomic E-state index is 0.898. The van der Waals surface area contributed by atoms with Crippen molar-refractivity contribution in [3.05, 3.63) is 0 Å². The van der Waals surface area contributed by atoms with Gasteiger partial charge >= 0.3 is 6.18 Å². The predicted molar refractivity (Wildman–Crippen MR) is 37.2 cm³/mol. The van der Waals surface area contributed by atoms with Gasteiger partial charge < -0.3 is 5.73 Å². The molecule has 0 aromatic rings. The van der Waals surface area contributed by atoms with Gasteiger partial charge in [0.2, 0.25) is 0 Å². The van der Waals surface area contributed by atoms with E-state index in [9.17, 15) is 13.2 Å². The molecule has 0 rings (SSSR count). The predicted octanol–water partition coefficient (Wildman–Crippen LogP) is 0.826. The molecule has 2 N–H and O–H groups in total. The summed E-state index contributed by atoms with van der Waals surface area (Å²) in [6, 6.07) is -2.45. The van der Waals surface area contributed by atoms with Crippen LogP contribution < -0.4 is 5.73 Å². The van der Waals surface area contributed by atoms with Gasteiger partial charge in [0.25, 0.3) is 0 Å². The van der Waals surface area contributed by atoms with Gasteiger partial charge in [0.05, 0.1) is 0 Å². The number of hydrogen-bond donors (Lipinski definition) is 1. The lowest BCUT2D eigenvalue weighted by atomic mass is 10.1. The van der Waals surface area contributed by atoms with E-state index < -0.39 is 18.3 Å². The monoisotopic (exact) mass is 170 g/mol. The number of alkyl halides is 3. The lowest BCUT2D eigenvalue weighted by molar-refractivity contribution is -0.181. The van der Waals surface area contributed by atoms with Crippen LogP contribution in [0.5, 0.6) is 0 Å². The fourth-order valence-corrected chi connectivity index (χ4v) is 1.06. The molecule has 0 saturated heterocycles. The number of nitrogens with zero attached hydrogens (tertiary/aromatic N) is 1. The Morgan fingerprint density at radius 2 is 1.64 bits per heavy atom. The van der Waals surface area contributed by atoms with E-state index in [0.29, 0.717) is 0 Å². The normalized spacial score (nSPS) is 18.5. The molecule has 0 aliphatic carbocycles. The third kappa shape index (κ3) is 3.07. The van der Waals surface area contributed by atoms with Crippen molar-refractivity contribution in [2.24, 2.45) is 5.73 Å². The molecule has 0 heterocycles. The molecule has 11 heavy (non-hydrogen) atoms. The fourth-order valence-electron chi connectivity index (χ4n) is 1.06. The minimum atomic E-state index is -4.24. The fraction of sp³-hybridized carbons (Fsp3) is 1.00. The van der Waals surface area contributed by atoms with Crippen LogP contribution in [0.2, 0.25) is 0 Å². The molecule has 0 amide bonds. The first-order valence-corrected chi connectivity index (χ1v) is 3.25. The van der Waals surface area contributed by atoms with Crippen molar-refractivity contribution in [3.8, 4) is 0 Å². The molecule has 0 saturated carbocycles. The van der Waals surface area contributed by atoms with Gasteiger partial charge in [-0.25, -0.2) is 0 Å². The van der Waals surface area contributed by atoms with Gasteiger partial charge in [-0.15, -0.1) is 0 Å². The van der Waals surface area contributed by atoms with Crippen LogP contribution in [0.25, 0.3) is 0 Å². The van der Waals surface area contributed by atoms with Crippen LogP contribution in [0.1, 0.15) is 6.92 Å². The first kappa shape index (κ1) is 10.7. The summed E-state index contributed by atoms with van der Waals surface area (Å²) in [7, 11) is 2.73. The van der Waals surface area contributed by atoms with Crippen LogP contribution in [-0.4, -0.2) is 37.3 Å². The summed E-state index contributed by atoms with van der Waals surface area (Å²) in [5, 5.41) is 0. The Bertz CT molecular complexity index is 111. The Labute approximate surface area is 64.2 Å². The number of hydrogen-bond acceptors (Lipinski definition) is 2. The highest BCUT2D eigenvalue weighted by molar-refractivity contribution is 4.82. The molecule has 68 valence electrons. The van der Waals surface area contributed by atoms with Gasteiger partial charge in [0.1, 0.15) is 6.04 Å². The molecule has 0 radical (unpaired) electrons. The second-order valence-electron chi connectivity index (χ2n) is 2.81.